The molecule has 0 unspecified atom stereocenters. The third kappa shape index (κ3) is 2.87. The zero-order valence-electron chi connectivity index (χ0n) is 11.1. The highest BCUT2D eigenvalue weighted by atomic mass is 32.2. The topological polar surface area (TPSA) is 29.5 Å². The number of nitrogens with zero attached hydrogens (tertiary/aromatic N) is 1. The van der Waals surface area contributed by atoms with Gasteiger partial charge in [0.2, 0.25) is 0 Å². The van der Waals surface area contributed by atoms with Gasteiger partial charge < -0.3 is 9.64 Å². The first kappa shape index (κ1) is 13.4. The normalized spacial score (nSPS) is 24.1. The predicted molar refractivity (Wildman–Crippen MR) is 74.1 cm³/mol. The van der Waals surface area contributed by atoms with Gasteiger partial charge in [0, 0.05) is 18.0 Å². The fourth-order valence-electron chi connectivity index (χ4n) is 2.34. The lowest BCUT2D eigenvalue weighted by Gasteiger charge is -2.35. The second-order valence-electron chi connectivity index (χ2n) is 4.67. The molecule has 0 aromatic heterocycles. The van der Waals surface area contributed by atoms with E-state index < -0.39 is 0 Å². The molecule has 3 nitrogen and oxygen atoms in total. The Morgan fingerprint density at radius 3 is 2.50 bits per heavy atom. The van der Waals surface area contributed by atoms with Crippen molar-refractivity contribution in [2.75, 3.05) is 19.3 Å². The van der Waals surface area contributed by atoms with Crippen LogP contribution in [-0.4, -0.2) is 42.4 Å². The average Bonchev–Trinajstić information content (AvgIpc) is 2.36. The van der Waals surface area contributed by atoms with Gasteiger partial charge in [0.25, 0.3) is 5.91 Å². The van der Waals surface area contributed by atoms with Crippen LogP contribution in [0, 0.1) is 0 Å². The largest absolute Gasteiger partial charge is 0.372 e. The number of hydrogen-bond acceptors (Lipinski definition) is 3. The lowest BCUT2D eigenvalue weighted by Crippen LogP contribution is -2.48. The van der Waals surface area contributed by atoms with Gasteiger partial charge in [-0.25, -0.2) is 0 Å². The second kappa shape index (κ2) is 5.76. The molecule has 1 aliphatic heterocycles. The van der Waals surface area contributed by atoms with Crippen LogP contribution >= 0.6 is 11.8 Å². The van der Waals surface area contributed by atoms with Gasteiger partial charge in [-0.3, -0.25) is 4.79 Å². The molecular formula is C14H19NO2S. The van der Waals surface area contributed by atoms with Crippen molar-refractivity contribution in [2.45, 2.75) is 31.0 Å². The highest BCUT2D eigenvalue weighted by Gasteiger charge is 2.27. The third-order valence-electron chi connectivity index (χ3n) is 3.04. The Balaban J connectivity index is 2.20. The molecule has 2 atom stereocenters. The molecule has 0 radical (unpaired) electrons. The van der Waals surface area contributed by atoms with Crippen LogP contribution in [0.1, 0.15) is 24.2 Å². The molecular weight excluding hydrogens is 246 g/mol. The van der Waals surface area contributed by atoms with Crippen molar-refractivity contribution in [2.24, 2.45) is 0 Å². The van der Waals surface area contributed by atoms with Crippen LogP contribution in [0.5, 0.6) is 0 Å². The van der Waals surface area contributed by atoms with Gasteiger partial charge in [-0.05, 0) is 32.2 Å². The van der Waals surface area contributed by atoms with E-state index in [1.807, 2.05) is 49.3 Å². The van der Waals surface area contributed by atoms with Crippen molar-refractivity contribution < 1.29 is 9.53 Å². The smallest absolute Gasteiger partial charge is 0.255 e. The van der Waals surface area contributed by atoms with Crippen LogP contribution in [-0.2, 0) is 4.74 Å². The lowest BCUT2D eigenvalue weighted by molar-refractivity contribution is -0.0586. The van der Waals surface area contributed by atoms with E-state index in [0.29, 0.717) is 13.1 Å². The molecule has 1 heterocycles. The molecule has 1 amide bonds. The number of benzene rings is 1. The molecule has 1 saturated heterocycles. The molecule has 98 valence electrons. The van der Waals surface area contributed by atoms with E-state index in [1.165, 1.54) is 0 Å². The van der Waals surface area contributed by atoms with Crippen LogP contribution in [0.3, 0.4) is 0 Å². The average molecular weight is 265 g/mol. The fraction of sp³-hybridized carbons (Fsp3) is 0.500. The monoisotopic (exact) mass is 265 g/mol. The summed E-state index contributed by atoms with van der Waals surface area (Å²) in [4.78, 5) is 15.5. The van der Waals surface area contributed by atoms with Gasteiger partial charge in [-0.15, -0.1) is 11.8 Å². The van der Waals surface area contributed by atoms with Crippen LogP contribution in [0.25, 0.3) is 0 Å². The summed E-state index contributed by atoms with van der Waals surface area (Å²) in [6.07, 6.45) is 2.22. The molecule has 2 rings (SSSR count). The van der Waals surface area contributed by atoms with Gasteiger partial charge >= 0.3 is 0 Å². The SMILES string of the molecule is CSc1ccccc1C(=O)N1C[C@H](C)O[C@@H](C)C1. The Hall–Kier alpha value is -1.00. The van der Waals surface area contributed by atoms with Crippen molar-refractivity contribution >= 4 is 17.7 Å². The van der Waals surface area contributed by atoms with Gasteiger partial charge in [0.1, 0.15) is 0 Å². The Morgan fingerprint density at radius 1 is 1.28 bits per heavy atom. The zero-order chi connectivity index (χ0) is 13.1. The molecule has 1 aliphatic rings. The second-order valence-corrected chi connectivity index (χ2v) is 5.52. The molecule has 1 aromatic rings. The summed E-state index contributed by atoms with van der Waals surface area (Å²) >= 11 is 1.61. The minimum atomic E-state index is 0.110. The summed E-state index contributed by atoms with van der Waals surface area (Å²) in [5, 5.41) is 0. The first-order chi connectivity index (χ1) is 8.61. The third-order valence-corrected chi connectivity index (χ3v) is 3.84. The highest BCUT2D eigenvalue weighted by molar-refractivity contribution is 7.98. The molecule has 18 heavy (non-hydrogen) atoms. The first-order valence-corrected chi connectivity index (χ1v) is 7.42. The Labute approximate surface area is 113 Å². The summed E-state index contributed by atoms with van der Waals surface area (Å²) in [6.45, 7) is 5.37. The van der Waals surface area contributed by atoms with E-state index in [4.69, 9.17) is 4.74 Å². The number of morpholine rings is 1. The number of ether oxygens (including phenoxy) is 1. The van der Waals surface area contributed by atoms with Crippen LogP contribution in [0.4, 0.5) is 0 Å². The molecule has 0 aliphatic carbocycles. The minimum Gasteiger partial charge on any atom is -0.372 e. The van der Waals surface area contributed by atoms with Crippen LogP contribution in [0.2, 0.25) is 0 Å². The van der Waals surface area contributed by atoms with Crippen molar-refractivity contribution in [3.05, 3.63) is 29.8 Å². The fourth-order valence-corrected chi connectivity index (χ4v) is 2.93. The molecule has 1 aromatic carbocycles. The standard InChI is InChI=1S/C14H19NO2S/c1-10-8-15(9-11(2)17-10)14(16)12-6-4-5-7-13(12)18-3/h4-7,10-11H,8-9H2,1-3H3/t10-,11-/m0/s1. The van der Waals surface area contributed by atoms with Crippen molar-refractivity contribution in [1.82, 2.24) is 4.90 Å². The van der Waals surface area contributed by atoms with Crippen molar-refractivity contribution in [3.63, 3.8) is 0 Å². The van der Waals surface area contributed by atoms with Gasteiger partial charge in [0.05, 0.1) is 17.8 Å². The van der Waals surface area contributed by atoms with E-state index in [1.54, 1.807) is 11.8 Å². The Bertz CT molecular complexity index is 426. The van der Waals surface area contributed by atoms with E-state index in [9.17, 15) is 4.79 Å². The summed E-state index contributed by atoms with van der Waals surface area (Å²) < 4.78 is 5.66. The number of hydrogen-bond donors (Lipinski definition) is 0. The Morgan fingerprint density at radius 2 is 1.89 bits per heavy atom. The quantitative estimate of drug-likeness (QED) is 0.770. The first-order valence-electron chi connectivity index (χ1n) is 6.19. The molecule has 0 bridgehead atoms. The summed E-state index contributed by atoms with van der Waals surface area (Å²) in [5.41, 5.74) is 0.798. The predicted octanol–water partition coefficient (Wildman–Crippen LogP) is 2.66. The lowest BCUT2D eigenvalue weighted by atomic mass is 10.1. The molecule has 0 N–H and O–H groups in total. The van der Waals surface area contributed by atoms with Gasteiger partial charge in [-0.1, -0.05) is 12.1 Å². The van der Waals surface area contributed by atoms with E-state index in [0.717, 1.165) is 10.5 Å². The summed E-state index contributed by atoms with van der Waals surface area (Å²) in [5.74, 6) is 0.113. The number of carbonyl (C=O) groups is 1. The van der Waals surface area contributed by atoms with Crippen LogP contribution in [0.15, 0.2) is 29.2 Å². The van der Waals surface area contributed by atoms with Gasteiger partial charge in [0.15, 0.2) is 0 Å². The number of rotatable bonds is 2. The molecule has 0 saturated carbocycles. The maximum atomic E-state index is 12.5. The number of carbonyl (C=O) groups excluding carboxylic acids is 1. The van der Waals surface area contributed by atoms with Crippen LogP contribution < -0.4 is 0 Å². The highest BCUT2D eigenvalue weighted by Crippen LogP contribution is 2.23. The number of thioether (sulfide) groups is 1. The molecule has 1 fully saturated rings. The minimum absolute atomic E-state index is 0.110. The van der Waals surface area contributed by atoms with E-state index in [-0.39, 0.29) is 18.1 Å². The molecule has 0 spiro atoms. The van der Waals surface area contributed by atoms with E-state index in [2.05, 4.69) is 0 Å². The van der Waals surface area contributed by atoms with Crippen molar-refractivity contribution in [1.29, 1.82) is 0 Å². The van der Waals surface area contributed by atoms with E-state index >= 15 is 0 Å². The summed E-state index contributed by atoms with van der Waals surface area (Å²) in [7, 11) is 0. The maximum Gasteiger partial charge on any atom is 0.255 e. The number of amides is 1. The summed E-state index contributed by atoms with van der Waals surface area (Å²) in [6, 6.07) is 7.78. The van der Waals surface area contributed by atoms with Gasteiger partial charge in [-0.2, -0.15) is 0 Å². The molecule has 4 heteroatoms. The van der Waals surface area contributed by atoms with Crippen molar-refractivity contribution in [3.8, 4) is 0 Å². The Kier molecular flexibility index (Phi) is 4.30. The maximum absolute atomic E-state index is 12.5. The zero-order valence-corrected chi connectivity index (χ0v) is 11.9.